The lowest BCUT2D eigenvalue weighted by Crippen LogP contribution is -2.45. The number of hydrogen-bond donors (Lipinski definition) is 2. The summed E-state index contributed by atoms with van der Waals surface area (Å²) in [6.45, 7) is 5.53. The fourth-order valence-electron chi connectivity index (χ4n) is 7.56. The fourth-order valence-corrected chi connectivity index (χ4v) is 10.4. The highest BCUT2D eigenvalue weighted by molar-refractivity contribution is 9.10. The van der Waals surface area contributed by atoms with Crippen molar-refractivity contribution in [2.45, 2.75) is 56.8 Å². The van der Waals surface area contributed by atoms with Crippen molar-refractivity contribution < 1.29 is 28.3 Å². The molecule has 2 heterocycles. The Labute approximate surface area is 301 Å². The Kier molecular flexibility index (Phi) is 10.4. The summed E-state index contributed by atoms with van der Waals surface area (Å²) in [5, 5.41) is 12.7. The van der Waals surface area contributed by atoms with Gasteiger partial charge in [0.2, 0.25) is 14.3 Å². The number of carbonyl (C=O) groups excluding carboxylic acids is 3. The molecule has 0 aromatic heterocycles. The number of ether oxygens (including phenoxy) is 1. The Morgan fingerprint density at radius 2 is 1.64 bits per heavy atom. The van der Waals surface area contributed by atoms with Crippen molar-refractivity contribution in [1.82, 2.24) is 4.90 Å². The van der Waals surface area contributed by atoms with Gasteiger partial charge in [0, 0.05) is 45.8 Å². The Bertz CT molecular complexity index is 1860. The van der Waals surface area contributed by atoms with E-state index in [9.17, 15) is 19.5 Å². The second-order valence-electron chi connectivity index (χ2n) is 13.6. The van der Waals surface area contributed by atoms with Crippen LogP contribution in [-0.2, 0) is 33.0 Å². The first kappa shape index (κ1) is 35.7. The van der Waals surface area contributed by atoms with Crippen molar-refractivity contribution in [1.29, 1.82) is 0 Å². The Morgan fingerprint density at radius 1 is 0.980 bits per heavy atom. The molecule has 4 aromatic carbocycles. The van der Waals surface area contributed by atoms with Gasteiger partial charge in [0.05, 0.1) is 31.4 Å². The summed E-state index contributed by atoms with van der Waals surface area (Å²) >= 11 is 3.57. The van der Waals surface area contributed by atoms with Gasteiger partial charge in [-0.2, -0.15) is 0 Å². The molecule has 1 spiro atoms. The number of aliphatic hydroxyl groups excluding tert-OH is 1. The first-order valence-corrected chi connectivity index (χ1v) is 20.5. The minimum atomic E-state index is -3.51. The van der Waals surface area contributed by atoms with Crippen LogP contribution < -0.4 is 10.2 Å². The largest absolute Gasteiger partial charge is 0.395 e. The number of nitrogens with zero attached hydrogens (tertiary/aromatic N) is 2. The number of fused-ring (bicyclic) bond motifs is 2. The highest BCUT2D eigenvalue weighted by Crippen LogP contribution is 2.60. The molecule has 260 valence electrons. The molecule has 0 aliphatic carbocycles. The van der Waals surface area contributed by atoms with Gasteiger partial charge < -0.3 is 29.1 Å². The SMILES string of the molecule is C[C@@H]1[C@@H]([Si](C)(C)F)[C@H](CC(=O)N(CCO)Cc2ccccc2)O[C@@]12C(=O)N(Cc1ccc(NC(=O)c3ccccc3)cc1)c1ccc(Br)cc12. The van der Waals surface area contributed by atoms with Gasteiger partial charge in [0.25, 0.3) is 11.8 Å². The molecular weight excluding hydrogens is 717 g/mol. The summed E-state index contributed by atoms with van der Waals surface area (Å²) in [7, 11) is -3.51. The van der Waals surface area contributed by atoms with Crippen molar-refractivity contribution in [3.63, 3.8) is 0 Å². The molecule has 50 heavy (non-hydrogen) atoms. The van der Waals surface area contributed by atoms with Gasteiger partial charge in [-0.05, 0) is 66.7 Å². The molecule has 6 rings (SSSR count). The summed E-state index contributed by atoms with van der Waals surface area (Å²) in [6, 6.07) is 31.4. The van der Waals surface area contributed by atoms with Gasteiger partial charge in [0.1, 0.15) is 0 Å². The Morgan fingerprint density at radius 3 is 2.28 bits per heavy atom. The van der Waals surface area contributed by atoms with Crippen molar-refractivity contribution in [2.24, 2.45) is 5.92 Å². The number of amides is 3. The second-order valence-corrected chi connectivity index (χ2v) is 18.3. The lowest BCUT2D eigenvalue weighted by Gasteiger charge is -2.31. The first-order valence-electron chi connectivity index (χ1n) is 16.8. The molecule has 4 aromatic rings. The highest BCUT2D eigenvalue weighted by Gasteiger charge is 2.67. The molecule has 1 saturated heterocycles. The standard InChI is InChI=1S/C39H41BrFN3O5Si/c1-26-36(50(2,3)41)34(23-35(46)43(20-21-45)24-27-10-6-4-7-11-27)49-39(26)32-22-30(40)16-19-33(32)44(38(39)48)25-28-14-17-31(18-15-28)42-37(47)29-12-8-5-9-13-29/h4-19,22,26,34,36,45H,20-21,23-25H2,1-3H3,(H,42,47)/t26-,34+,36-,39+/m1/s1. The van der Waals surface area contributed by atoms with Crippen LogP contribution in [0.5, 0.6) is 0 Å². The molecule has 4 atom stereocenters. The van der Waals surface area contributed by atoms with Gasteiger partial charge in [-0.1, -0.05) is 83.5 Å². The zero-order valence-corrected chi connectivity index (χ0v) is 30.9. The molecular formula is C39H41BrFN3O5Si. The number of hydrogen-bond acceptors (Lipinski definition) is 5. The molecule has 1 fully saturated rings. The predicted octanol–water partition coefficient (Wildman–Crippen LogP) is 7.43. The maximum Gasteiger partial charge on any atom is 0.264 e. The maximum atomic E-state index is 16.4. The van der Waals surface area contributed by atoms with E-state index in [4.69, 9.17) is 4.74 Å². The molecule has 8 nitrogen and oxygen atoms in total. The third kappa shape index (κ3) is 7.05. The number of carbonyl (C=O) groups is 3. The van der Waals surface area contributed by atoms with E-state index in [2.05, 4.69) is 21.2 Å². The molecule has 2 N–H and O–H groups in total. The summed E-state index contributed by atoms with van der Waals surface area (Å²) in [6.07, 6.45) is -0.958. The van der Waals surface area contributed by atoms with Gasteiger partial charge in [-0.25, -0.2) is 0 Å². The van der Waals surface area contributed by atoms with E-state index in [1.54, 1.807) is 59.3 Å². The van der Waals surface area contributed by atoms with Crippen LogP contribution in [0.2, 0.25) is 18.6 Å². The molecule has 3 amide bonds. The second kappa shape index (κ2) is 14.6. The normalized spacial score (nSPS) is 21.4. The minimum absolute atomic E-state index is 0.114. The van der Waals surface area contributed by atoms with E-state index in [0.29, 0.717) is 29.0 Å². The smallest absolute Gasteiger partial charge is 0.264 e. The van der Waals surface area contributed by atoms with Gasteiger partial charge in [0.15, 0.2) is 5.60 Å². The van der Waals surface area contributed by atoms with Crippen LogP contribution >= 0.6 is 15.9 Å². The van der Waals surface area contributed by atoms with E-state index in [1.807, 2.05) is 73.7 Å². The van der Waals surface area contributed by atoms with Crippen LogP contribution in [0, 0.1) is 5.92 Å². The quantitative estimate of drug-likeness (QED) is 0.123. The number of anilines is 2. The summed E-state index contributed by atoms with van der Waals surface area (Å²) in [5.41, 5.74) is 2.09. The molecule has 0 saturated carbocycles. The molecule has 11 heteroatoms. The van der Waals surface area contributed by atoms with E-state index in [-0.39, 0.29) is 43.8 Å². The third-order valence-electron chi connectivity index (χ3n) is 9.83. The van der Waals surface area contributed by atoms with Crippen molar-refractivity contribution in [3.05, 3.63) is 130 Å². The minimum Gasteiger partial charge on any atom is -0.395 e. The number of aliphatic hydroxyl groups is 1. The zero-order valence-electron chi connectivity index (χ0n) is 28.3. The average Bonchev–Trinajstić information content (AvgIpc) is 3.52. The van der Waals surface area contributed by atoms with Crippen LogP contribution in [0.25, 0.3) is 0 Å². The molecule has 0 radical (unpaired) electrons. The zero-order chi connectivity index (χ0) is 35.6. The van der Waals surface area contributed by atoms with Crippen LogP contribution in [0.15, 0.2) is 108 Å². The van der Waals surface area contributed by atoms with E-state index >= 15 is 4.11 Å². The van der Waals surface area contributed by atoms with E-state index in [1.165, 1.54) is 0 Å². The molecule has 0 unspecified atom stereocenters. The third-order valence-corrected chi connectivity index (χ3v) is 12.8. The number of nitrogens with one attached hydrogen (secondary N) is 1. The Balaban J connectivity index is 1.27. The van der Waals surface area contributed by atoms with E-state index in [0.717, 1.165) is 15.6 Å². The number of rotatable bonds is 11. The van der Waals surface area contributed by atoms with Crippen molar-refractivity contribution in [3.8, 4) is 0 Å². The summed E-state index contributed by atoms with van der Waals surface area (Å²) in [4.78, 5) is 44.5. The van der Waals surface area contributed by atoms with Gasteiger partial charge in [-0.15, -0.1) is 0 Å². The van der Waals surface area contributed by atoms with Gasteiger partial charge >= 0.3 is 0 Å². The number of halogens is 2. The monoisotopic (exact) mass is 757 g/mol. The predicted molar refractivity (Wildman–Crippen MR) is 198 cm³/mol. The highest BCUT2D eigenvalue weighted by atomic mass is 79.9. The topological polar surface area (TPSA) is 99.2 Å². The van der Waals surface area contributed by atoms with Crippen molar-refractivity contribution >= 4 is 53.4 Å². The fraction of sp³-hybridized carbons (Fsp3) is 0.308. The molecule has 0 bridgehead atoms. The van der Waals surface area contributed by atoms with Crippen LogP contribution in [0.4, 0.5) is 15.5 Å². The average molecular weight is 759 g/mol. The van der Waals surface area contributed by atoms with Crippen LogP contribution in [0.3, 0.4) is 0 Å². The lowest BCUT2D eigenvalue weighted by molar-refractivity contribution is -0.150. The van der Waals surface area contributed by atoms with Gasteiger partial charge in [-0.3, -0.25) is 14.4 Å². The first-order chi connectivity index (χ1) is 23.9. The maximum absolute atomic E-state index is 16.4. The summed E-state index contributed by atoms with van der Waals surface area (Å²) < 4.78 is 23.9. The Hall–Kier alpha value is -4.16. The van der Waals surface area contributed by atoms with Crippen molar-refractivity contribution in [2.75, 3.05) is 23.4 Å². The van der Waals surface area contributed by atoms with E-state index < -0.39 is 31.6 Å². The van der Waals surface area contributed by atoms with Crippen LogP contribution in [-0.4, -0.2) is 55.4 Å². The molecule has 2 aliphatic rings. The summed E-state index contributed by atoms with van der Waals surface area (Å²) in [5.74, 6) is -1.34. The lowest BCUT2D eigenvalue weighted by atomic mass is 9.82. The van der Waals surface area contributed by atoms with Crippen LogP contribution in [0.1, 0.15) is 40.4 Å². The molecule has 2 aliphatic heterocycles. The number of benzene rings is 4.